The Kier molecular flexibility index (Phi) is 39.5. The fourth-order valence-electron chi connectivity index (χ4n) is 6.22. The molecule has 0 aliphatic carbocycles. The van der Waals surface area contributed by atoms with Crippen molar-refractivity contribution in [3.63, 3.8) is 0 Å². The zero-order chi connectivity index (χ0) is 40.3. The van der Waals surface area contributed by atoms with E-state index in [2.05, 4.69) is 92.1 Å². The van der Waals surface area contributed by atoms with Crippen LogP contribution in [0.2, 0.25) is 0 Å². The number of amides is 1. The maximum Gasteiger partial charge on any atom is 0.326 e. The van der Waals surface area contributed by atoms with Crippen LogP contribution in [-0.2, 0) is 19.1 Å². The van der Waals surface area contributed by atoms with Crippen LogP contribution in [0.4, 0.5) is 0 Å². The van der Waals surface area contributed by atoms with E-state index >= 15 is 0 Å². The average Bonchev–Trinajstić information content (AvgIpc) is 3.17. The van der Waals surface area contributed by atoms with Gasteiger partial charge in [-0.3, -0.25) is 9.59 Å². The number of hydrogen-bond acceptors (Lipinski definition) is 5. The Morgan fingerprint density at radius 3 is 1.49 bits per heavy atom. The van der Waals surface area contributed by atoms with Gasteiger partial charge in [-0.1, -0.05) is 151 Å². The van der Waals surface area contributed by atoms with E-state index in [1.165, 1.54) is 44.9 Å². The molecule has 0 radical (unpaired) electrons. The highest BCUT2D eigenvalue weighted by Gasteiger charge is 2.19. The van der Waals surface area contributed by atoms with Gasteiger partial charge >= 0.3 is 11.9 Å². The number of carboxylic acid groups (broad SMARTS) is 1. The molecule has 314 valence electrons. The third-order valence-corrected chi connectivity index (χ3v) is 9.54. The molecule has 0 aromatic carbocycles. The van der Waals surface area contributed by atoms with Gasteiger partial charge in [0.05, 0.1) is 0 Å². The van der Waals surface area contributed by atoms with Crippen LogP contribution < -0.4 is 11.1 Å². The molecular formula is C48H82N2O5. The lowest BCUT2D eigenvalue weighted by molar-refractivity contribution is -0.150. The minimum atomic E-state index is -1.01. The van der Waals surface area contributed by atoms with E-state index in [-0.39, 0.29) is 18.0 Å². The Hall–Kier alpha value is -3.19. The number of carbonyl (C=O) groups excluding carboxylic acids is 2. The fraction of sp³-hybridized carbons (Fsp3) is 0.688. The van der Waals surface area contributed by atoms with Gasteiger partial charge in [0, 0.05) is 12.8 Å². The summed E-state index contributed by atoms with van der Waals surface area (Å²) in [4.78, 5) is 36.3. The Labute approximate surface area is 337 Å². The smallest absolute Gasteiger partial charge is 0.326 e. The number of allylic oxidation sites excluding steroid dienone is 12. The summed E-state index contributed by atoms with van der Waals surface area (Å²) in [7, 11) is 0. The van der Waals surface area contributed by atoms with Crippen molar-refractivity contribution in [2.75, 3.05) is 6.54 Å². The van der Waals surface area contributed by atoms with Crippen molar-refractivity contribution in [2.24, 2.45) is 5.73 Å². The van der Waals surface area contributed by atoms with Gasteiger partial charge in [-0.2, -0.15) is 0 Å². The van der Waals surface area contributed by atoms with Crippen LogP contribution in [0, 0.1) is 0 Å². The van der Waals surface area contributed by atoms with Gasteiger partial charge in [0.2, 0.25) is 5.91 Å². The number of hydrogen-bond donors (Lipinski definition) is 3. The molecule has 55 heavy (non-hydrogen) atoms. The van der Waals surface area contributed by atoms with Crippen LogP contribution >= 0.6 is 0 Å². The van der Waals surface area contributed by atoms with Gasteiger partial charge in [-0.25, -0.2) is 4.79 Å². The second kappa shape index (κ2) is 42.0. The van der Waals surface area contributed by atoms with Crippen molar-refractivity contribution < 1.29 is 24.2 Å². The number of ether oxygens (including phenoxy) is 1. The summed E-state index contributed by atoms with van der Waals surface area (Å²) in [5.74, 6) is -1.28. The second-order valence-electron chi connectivity index (χ2n) is 14.7. The molecule has 7 nitrogen and oxygen atoms in total. The normalized spacial score (nSPS) is 13.4. The summed E-state index contributed by atoms with van der Waals surface area (Å²) in [6.45, 7) is 4.81. The first-order valence-electron chi connectivity index (χ1n) is 22.3. The molecule has 0 aromatic heterocycles. The van der Waals surface area contributed by atoms with Crippen LogP contribution in [0.15, 0.2) is 72.9 Å². The molecule has 7 heteroatoms. The van der Waals surface area contributed by atoms with Gasteiger partial charge in [0.15, 0.2) is 0 Å². The number of nitrogens with one attached hydrogen (secondary N) is 1. The Bertz CT molecular complexity index is 1090. The average molecular weight is 767 g/mol. The zero-order valence-corrected chi connectivity index (χ0v) is 35.2. The third-order valence-electron chi connectivity index (χ3n) is 9.54. The molecule has 2 unspecified atom stereocenters. The van der Waals surface area contributed by atoms with Crippen molar-refractivity contribution in [3.05, 3.63) is 72.9 Å². The van der Waals surface area contributed by atoms with Crippen molar-refractivity contribution in [3.8, 4) is 0 Å². The summed E-state index contributed by atoms with van der Waals surface area (Å²) in [5.41, 5.74) is 5.48. The van der Waals surface area contributed by atoms with Crippen LogP contribution in [-0.4, -0.2) is 41.6 Å². The zero-order valence-electron chi connectivity index (χ0n) is 35.2. The van der Waals surface area contributed by atoms with Gasteiger partial charge in [0.25, 0.3) is 0 Å². The minimum absolute atomic E-state index is 0.0109. The lowest BCUT2D eigenvalue weighted by atomic mass is 10.0. The van der Waals surface area contributed by atoms with E-state index in [4.69, 9.17) is 10.5 Å². The molecule has 0 saturated heterocycles. The monoisotopic (exact) mass is 767 g/mol. The van der Waals surface area contributed by atoms with Gasteiger partial charge in [0.1, 0.15) is 12.1 Å². The van der Waals surface area contributed by atoms with E-state index in [0.29, 0.717) is 32.2 Å². The lowest BCUT2D eigenvalue weighted by Crippen LogP contribution is -2.40. The molecule has 4 N–H and O–H groups in total. The first-order valence-corrected chi connectivity index (χ1v) is 22.3. The van der Waals surface area contributed by atoms with Crippen molar-refractivity contribution in [1.29, 1.82) is 0 Å². The molecule has 0 heterocycles. The standard InChI is InChI=1S/C48H82N2O5/c1-3-5-7-9-11-13-14-15-16-17-18-19-20-21-22-23-24-25-27-32-36-42-47(52)55-44(38-33-29-26-12-10-8-6-4-2)39-34-30-28-31-35-41-46(51)50-45(48(53)54)40-37-43-49/h5,7,11,13,15-16,18-19,21-22,24-25,44-45H,3-4,6,8-10,12,14,17,20,23,26-43,49H2,1-2H3,(H,50,51)(H,53,54)/b7-5-,13-11-,16-15-,19-18-,22-21-,25-24-. The Morgan fingerprint density at radius 2 is 1.00 bits per heavy atom. The van der Waals surface area contributed by atoms with E-state index in [9.17, 15) is 19.5 Å². The number of carboxylic acids is 1. The van der Waals surface area contributed by atoms with Crippen LogP contribution in [0.25, 0.3) is 0 Å². The van der Waals surface area contributed by atoms with Crippen molar-refractivity contribution >= 4 is 17.8 Å². The van der Waals surface area contributed by atoms with E-state index in [1.54, 1.807) is 0 Å². The molecule has 1 amide bonds. The van der Waals surface area contributed by atoms with Gasteiger partial charge in [-0.05, 0) is 109 Å². The molecule has 0 fully saturated rings. The first-order chi connectivity index (χ1) is 26.9. The quantitative estimate of drug-likeness (QED) is 0.0326. The molecule has 0 aliphatic heterocycles. The Morgan fingerprint density at radius 1 is 0.545 bits per heavy atom. The molecule has 0 aliphatic rings. The summed E-state index contributed by atoms with van der Waals surface area (Å²) < 4.78 is 6.01. The summed E-state index contributed by atoms with van der Waals surface area (Å²) in [6, 6.07) is -0.862. The molecule has 2 atom stereocenters. The SMILES string of the molecule is CC/C=C\C/C=C\C/C=C\C/C=C\C/C=C\C/C=C\CCCCC(=O)OC(CCCCCCCCCC)CCCCCCCC(=O)NC(CCCN)C(=O)O. The number of esters is 1. The van der Waals surface area contributed by atoms with E-state index in [0.717, 1.165) is 109 Å². The number of aliphatic carboxylic acids is 1. The number of nitrogens with two attached hydrogens (primary N) is 1. The fourth-order valence-corrected chi connectivity index (χ4v) is 6.22. The predicted molar refractivity (Wildman–Crippen MR) is 234 cm³/mol. The second-order valence-corrected chi connectivity index (χ2v) is 14.7. The predicted octanol–water partition coefficient (Wildman–Crippen LogP) is 12.7. The van der Waals surface area contributed by atoms with Crippen LogP contribution in [0.5, 0.6) is 0 Å². The van der Waals surface area contributed by atoms with Gasteiger partial charge in [-0.15, -0.1) is 0 Å². The van der Waals surface area contributed by atoms with E-state index < -0.39 is 12.0 Å². The number of unbranched alkanes of at least 4 members (excludes halogenated alkanes) is 13. The van der Waals surface area contributed by atoms with Crippen molar-refractivity contribution in [2.45, 2.75) is 206 Å². The van der Waals surface area contributed by atoms with E-state index in [1.807, 2.05) is 0 Å². The van der Waals surface area contributed by atoms with Crippen molar-refractivity contribution in [1.82, 2.24) is 5.32 Å². The maximum absolute atomic E-state index is 12.8. The summed E-state index contributed by atoms with van der Waals surface area (Å²) in [6.07, 6.45) is 53.8. The minimum Gasteiger partial charge on any atom is -0.480 e. The Balaban J connectivity index is 4.29. The van der Waals surface area contributed by atoms with Crippen LogP contribution in [0.3, 0.4) is 0 Å². The highest BCUT2D eigenvalue weighted by Crippen LogP contribution is 2.18. The summed E-state index contributed by atoms with van der Waals surface area (Å²) >= 11 is 0. The third kappa shape index (κ3) is 38.9. The van der Waals surface area contributed by atoms with Crippen LogP contribution in [0.1, 0.15) is 194 Å². The molecule has 0 spiro atoms. The highest BCUT2D eigenvalue weighted by molar-refractivity contribution is 5.83. The first kappa shape index (κ1) is 51.8. The molecule has 0 rings (SSSR count). The molecule has 0 saturated carbocycles. The number of rotatable bonds is 39. The van der Waals surface area contributed by atoms with Gasteiger partial charge < -0.3 is 20.9 Å². The lowest BCUT2D eigenvalue weighted by Gasteiger charge is -2.18. The highest BCUT2D eigenvalue weighted by atomic mass is 16.5. The maximum atomic E-state index is 12.8. The topological polar surface area (TPSA) is 119 Å². The summed E-state index contributed by atoms with van der Waals surface area (Å²) in [5, 5.41) is 11.9. The molecule has 0 aromatic rings. The largest absolute Gasteiger partial charge is 0.480 e. The number of carbonyl (C=O) groups is 3. The molecular weight excluding hydrogens is 685 g/mol. The molecule has 0 bridgehead atoms.